The van der Waals surface area contributed by atoms with Crippen LogP contribution in [0.15, 0.2) is 90.3 Å². The summed E-state index contributed by atoms with van der Waals surface area (Å²) >= 11 is 1.68. The molecule has 9 nitrogen and oxygen atoms in total. The summed E-state index contributed by atoms with van der Waals surface area (Å²) in [6.45, 7) is 4.78. The normalized spacial score (nSPS) is 19.2. The van der Waals surface area contributed by atoms with E-state index in [2.05, 4.69) is 46.8 Å². The Hall–Kier alpha value is -3.96. The van der Waals surface area contributed by atoms with E-state index in [0.29, 0.717) is 19.5 Å². The van der Waals surface area contributed by atoms with Gasteiger partial charge in [0.2, 0.25) is 11.8 Å². The fourth-order valence-electron chi connectivity index (χ4n) is 5.82. The molecule has 0 spiro atoms. The number of hydrogen-bond donors (Lipinski definition) is 3. The van der Waals surface area contributed by atoms with Crippen molar-refractivity contribution in [3.63, 3.8) is 0 Å². The van der Waals surface area contributed by atoms with E-state index in [9.17, 15) is 14.7 Å². The summed E-state index contributed by atoms with van der Waals surface area (Å²) in [5.74, 6) is 0.802. The van der Waals surface area contributed by atoms with E-state index in [1.54, 1.807) is 18.0 Å². The molecule has 48 heavy (non-hydrogen) atoms. The van der Waals surface area contributed by atoms with Crippen molar-refractivity contribution in [2.45, 2.75) is 76.3 Å². The topological polar surface area (TPSA) is 115 Å². The highest BCUT2D eigenvalue weighted by Gasteiger charge is 2.38. The molecule has 0 saturated carbocycles. The van der Waals surface area contributed by atoms with Gasteiger partial charge in [-0.15, -0.1) is 0 Å². The number of nitrogens with zero attached hydrogens (tertiary/aromatic N) is 2. The molecule has 3 N–H and O–H groups in total. The molecule has 4 atom stereocenters. The van der Waals surface area contributed by atoms with Crippen molar-refractivity contribution < 1.29 is 24.2 Å². The number of carbonyl (C=O) groups is 2. The highest BCUT2D eigenvalue weighted by Crippen LogP contribution is 2.43. The largest absolute Gasteiger partial charge is 0.392 e. The van der Waals surface area contributed by atoms with Crippen LogP contribution in [0.2, 0.25) is 0 Å². The fraction of sp³-hybridized carbons (Fsp3) is 0.395. The van der Waals surface area contributed by atoms with Crippen LogP contribution in [-0.4, -0.2) is 44.9 Å². The highest BCUT2D eigenvalue weighted by atomic mass is 32.2. The van der Waals surface area contributed by atoms with E-state index >= 15 is 0 Å². The zero-order chi connectivity index (χ0) is 33.9. The number of aryl methyl sites for hydroxylation is 1. The number of aliphatic hydroxyl groups excluding tert-OH is 1. The number of aromatic nitrogens is 2. The van der Waals surface area contributed by atoms with E-state index in [-0.39, 0.29) is 36.5 Å². The minimum absolute atomic E-state index is 0.00148. The van der Waals surface area contributed by atoms with Crippen LogP contribution < -0.4 is 10.6 Å². The summed E-state index contributed by atoms with van der Waals surface area (Å²) in [5.41, 5.74) is 5.95. The first-order chi connectivity index (χ1) is 23.3. The van der Waals surface area contributed by atoms with Gasteiger partial charge in [0.25, 0.3) is 0 Å². The lowest BCUT2D eigenvalue weighted by atomic mass is 9.91. The van der Waals surface area contributed by atoms with Gasteiger partial charge in [-0.25, -0.2) is 4.98 Å². The van der Waals surface area contributed by atoms with Gasteiger partial charge in [0.1, 0.15) is 0 Å². The van der Waals surface area contributed by atoms with Crippen LogP contribution in [0.25, 0.3) is 11.1 Å². The molecule has 5 rings (SSSR count). The Morgan fingerprint density at radius 1 is 0.917 bits per heavy atom. The molecule has 1 aliphatic heterocycles. The van der Waals surface area contributed by atoms with E-state index in [1.165, 1.54) is 6.92 Å². The fourth-order valence-corrected chi connectivity index (χ4v) is 6.92. The van der Waals surface area contributed by atoms with Gasteiger partial charge in [0.15, 0.2) is 11.4 Å². The third kappa shape index (κ3) is 9.79. The van der Waals surface area contributed by atoms with Crippen molar-refractivity contribution in [1.82, 2.24) is 20.2 Å². The molecule has 4 aromatic rings. The van der Waals surface area contributed by atoms with Crippen LogP contribution in [0.3, 0.4) is 0 Å². The second-order valence-electron chi connectivity index (χ2n) is 12.3. The maximum Gasteiger partial charge on any atom is 0.220 e. The Labute approximate surface area is 287 Å². The van der Waals surface area contributed by atoms with Gasteiger partial charge in [-0.2, -0.15) is 0 Å². The van der Waals surface area contributed by atoms with Gasteiger partial charge in [-0.1, -0.05) is 85.8 Å². The molecule has 10 heteroatoms. The third-order valence-corrected chi connectivity index (χ3v) is 9.79. The van der Waals surface area contributed by atoms with Gasteiger partial charge < -0.3 is 29.8 Å². The van der Waals surface area contributed by atoms with Crippen molar-refractivity contribution in [2.75, 3.05) is 12.3 Å². The first-order valence-corrected chi connectivity index (χ1v) is 17.6. The molecule has 1 aliphatic rings. The molecule has 1 saturated heterocycles. The molecule has 2 heterocycles. The number of unbranched alkanes of at least 4 members (excludes halogenated alkanes) is 2. The summed E-state index contributed by atoms with van der Waals surface area (Å²) in [7, 11) is 1.99. The van der Waals surface area contributed by atoms with Crippen LogP contribution in [-0.2, 0) is 39.3 Å². The van der Waals surface area contributed by atoms with E-state index in [1.807, 2.05) is 66.3 Å². The lowest BCUT2D eigenvalue weighted by molar-refractivity contribution is -0.268. The summed E-state index contributed by atoms with van der Waals surface area (Å²) in [6, 6.07) is 24.4. The number of thioether (sulfide) groups is 1. The Kier molecular flexibility index (Phi) is 12.8. The average molecular weight is 671 g/mol. The van der Waals surface area contributed by atoms with E-state index in [4.69, 9.17) is 9.47 Å². The maximum atomic E-state index is 12.4. The Balaban J connectivity index is 1.26. The van der Waals surface area contributed by atoms with Crippen LogP contribution in [0.1, 0.15) is 74.2 Å². The number of ether oxygens (including phenoxy) is 2. The predicted molar refractivity (Wildman–Crippen MR) is 188 cm³/mol. The molecule has 0 bridgehead atoms. The van der Waals surface area contributed by atoms with Crippen molar-refractivity contribution in [2.24, 2.45) is 13.0 Å². The van der Waals surface area contributed by atoms with Crippen molar-refractivity contribution in [3.05, 3.63) is 107 Å². The first-order valence-electron chi connectivity index (χ1n) is 16.6. The van der Waals surface area contributed by atoms with Gasteiger partial charge >= 0.3 is 0 Å². The number of amides is 2. The van der Waals surface area contributed by atoms with E-state index in [0.717, 1.165) is 63.6 Å². The zero-order valence-electron chi connectivity index (χ0n) is 27.9. The summed E-state index contributed by atoms with van der Waals surface area (Å²) < 4.78 is 15.4. The lowest BCUT2D eigenvalue weighted by Gasteiger charge is -2.41. The quantitative estimate of drug-likeness (QED) is 0.0981. The van der Waals surface area contributed by atoms with E-state index < -0.39 is 6.29 Å². The lowest BCUT2D eigenvalue weighted by Crippen LogP contribution is -2.38. The number of hydrogen-bond acceptors (Lipinski definition) is 7. The average Bonchev–Trinajstić information content (AvgIpc) is 3.52. The van der Waals surface area contributed by atoms with Crippen molar-refractivity contribution in [3.8, 4) is 11.1 Å². The zero-order valence-corrected chi connectivity index (χ0v) is 28.7. The van der Waals surface area contributed by atoms with Gasteiger partial charge in [0, 0.05) is 63.1 Å². The number of nitrogens with one attached hydrogen (secondary N) is 2. The second kappa shape index (κ2) is 17.4. The molecular weight excluding hydrogens is 625 g/mol. The van der Waals surface area contributed by atoms with Crippen LogP contribution in [0.4, 0.5) is 0 Å². The molecule has 0 unspecified atom stereocenters. The molecule has 1 fully saturated rings. The number of benzene rings is 3. The first kappa shape index (κ1) is 35.3. The molecular formula is C38H46N4O5S. The number of aliphatic hydroxyl groups is 1. The molecule has 1 aromatic heterocycles. The highest BCUT2D eigenvalue weighted by molar-refractivity contribution is 7.99. The number of imidazole rings is 1. The van der Waals surface area contributed by atoms with Crippen LogP contribution >= 0.6 is 11.8 Å². The Morgan fingerprint density at radius 2 is 1.69 bits per heavy atom. The van der Waals surface area contributed by atoms with Crippen molar-refractivity contribution >= 4 is 23.6 Å². The monoisotopic (exact) mass is 670 g/mol. The molecule has 3 aromatic carbocycles. The Morgan fingerprint density at radius 3 is 2.42 bits per heavy atom. The SMILES string of the molecule is CC(=O)NCCCCCC(=O)NCc1cccc(-c2cccc([C@@H]3O[C@H](CSc4nccn4C)[C@H](C)[C@H](c4ccc(CO)cc4)O3)c2)c1. The van der Waals surface area contributed by atoms with Crippen LogP contribution in [0.5, 0.6) is 0 Å². The summed E-state index contributed by atoms with van der Waals surface area (Å²) in [4.78, 5) is 27.9. The van der Waals surface area contributed by atoms with Gasteiger partial charge in [0.05, 0.1) is 18.8 Å². The van der Waals surface area contributed by atoms with Crippen LogP contribution in [0, 0.1) is 5.92 Å². The molecule has 2 amide bonds. The molecule has 254 valence electrons. The minimum atomic E-state index is -0.573. The molecule has 0 radical (unpaired) electrons. The van der Waals surface area contributed by atoms with Gasteiger partial charge in [-0.05, 0) is 52.8 Å². The van der Waals surface area contributed by atoms with Gasteiger partial charge in [-0.3, -0.25) is 9.59 Å². The third-order valence-electron chi connectivity index (χ3n) is 8.64. The second-order valence-corrected chi connectivity index (χ2v) is 13.3. The minimum Gasteiger partial charge on any atom is -0.392 e. The summed E-state index contributed by atoms with van der Waals surface area (Å²) in [5, 5.41) is 16.3. The predicted octanol–water partition coefficient (Wildman–Crippen LogP) is 6.48. The standard InChI is InChI=1S/C38H46N4O5S/c1-26-34(25-48-38-40-19-20-42(38)3)46-37(47-36(26)30-16-14-28(24-43)15-17-30)33-12-8-11-32(22-33)31-10-7-9-29(21-31)23-41-35(45)13-5-4-6-18-39-27(2)44/h7-12,14-17,19-22,26,34,36-37,43H,4-6,13,18,23-25H2,1-3H3,(H,39,44)(H,41,45)/t26-,34+,36+,37+/m0/s1. The number of rotatable bonds is 15. The maximum absolute atomic E-state index is 12.4. The van der Waals surface area contributed by atoms with Crippen molar-refractivity contribution in [1.29, 1.82) is 0 Å². The molecule has 0 aliphatic carbocycles. The summed E-state index contributed by atoms with van der Waals surface area (Å²) in [6.07, 6.45) is 5.91. The smallest absolute Gasteiger partial charge is 0.220 e. The number of carbonyl (C=O) groups excluding carboxylic acids is 2. The Bertz CT molecular complexity index is 1640.